The van der Waals surface area contributed by atoms with Gasteiger partial charge in [0.05, 0.1) is 0 Å². The van der Waals surface area contributed by atoms with Crippen LogP contribution in [0.25, 0.3) is 0 Å². The van der Waals surface area contributed by atoms with Crippen LogP contribution in [-0.2, 0) is 19.4 Å². The summed E-state index contributed by atoms with van der Waals surface area (Å²) in [5.74, 6) is 0. The Morgan fingerprint density at radius 3 is 2.55 bits per heavy atom. The van der Waals surface area contributed by atoms with Crippen molar-refractivity contribution in [2.24, 2.45) is 0 Å². The van der Waals surface area contributed by atoms with Crippen molar-refractivity contribution in [1.82, 2.24) is 0 Å². The summed E-state index contributed by atoms with van der Waals surface area (Å²) in [5, 5.41) is 0. The van der Waals surface area contributed by atoms with Crippen LogP contribution in [-0.4, -0.2) is 6.54 Å². The fourth-order valence-corrected chi connectivity index (χ4v) is 3.24. The molecule has 0 saturated carbocycles. The standard InChI is InChI=1S/C18H20BrN/c1-2-14-5-7-15(8-6-14)13-20-11-3-4-16-9-10-17(19)12-18(16)20/h5-10,12H,2-4,11,13H2,1H3. The number of aryl methyl sites for hydroxylation is 2. The molecule has 0 bridgehead atoms. The first-order valence-corrected chi connectivity index (χ1v) is 8.17. The number of rotatable bonds is 3. The van der Waals surface area contributed by atoms with Gasteiger partial charge in [-0.3, -0.25) is 0 Å². The summed E-state index contributed by atoms with van der Waals surface area (Å²) >= 11 is 3.60. The van der Waals surface area contributed by atoms with Crippen molar-refractivity contribution in [1.29, 1.82) is 0 Å². The third kappa shape index (κ3) is 2.90. The normalized spacial score (nSPS) is 14.2. The molecule has 1 heterocycles. The molecule has 0 radical (unpaired) electrons. The summed E-state index contributed by atoms with van der Waals surface area (Å²) < 4.78 is 1.17. The lowest BCUT2D eigenvalue weighted by atomic mass is 10.0. The molecule has 2 aromatic rings. The molecule has 0 aromatic heterocycles. The fourth-order valence-electron chi connectivity index (χ4n) is 2.89. The van der Waals surface area contributed by atoms with Crippen molar-refractivity contribution >= 4 is 21.6 Å². The van der Waals surface area contributed by atoms with Crippen molar-refractivity contribution in [3.05, 3.63) is 63.6 Å². The minimum atomic E-state index is 1.01. The van der Waals surface area contributed by atoms with E-state index in [9.17, 15) is 0 Å². The van der Waals surface area contributed by atoms with E-state index in [1.54, 1.807) is 0 Å². The molecule has 3 rings (SSSR count). The Labute approximate surface area is 129 Å². The first-order chi connectivity index (χ1) is 9.76. The van der Waals surface area contributed by atoms with E-state index in [-0.39, 0.29) is 0 Å². The zero-order chi connectivity index (χ0) is 13.9. The van der Waals surface area contributed by atoms with Gasteiger partial charge in [0.25, 0.3) is 0 Å². The highest BCUT2D eigenvalue weighted by Gasteiger charge is 2.17. The summed E-state index contributed by atoms with van der Waals surface area (Å²) in [6.07, 6.45) is 3.56. The maximum atomic E-state index is 3.60. The van der Waals surface area contributed by atoms with E-state index in [1.807, 2.05) is 0 Å². The molecular formula is C18H20BrN. The van der Waals surface area contributed by atoms with Gasteiger partial charge >= 0.3 is 0 Å². The molecule has 0 atom stereocenters. The van der Waals surface area contributed by atoms with Crippen LogP contribution in [0.5, 0.6) is 0 Å². The summed E-state index contributed by atoms with van der Waals surface area (Å²) in [4.78, 5) is 2.50. The summed E-state index contributed by atoms with van der Waals surface area (Å²) in [5.41, 5.74) is 5.68. The number of fused-ring (bicyclic) bond motifs is 1. The predicted molar refractivity (Wildman–Crippen MR) is 89.3 cm³/mol. The monoisotopic (exact) mass is 329 g/mol. The molecule has 2 heteroatoms. The lowest BCUT2D eigenvalue weighted by Gasteiger charge is -2.31. The topological polar surface area (TPSA) is 3.24 Å². The average Bonchev–Trinajstić information content (AvgIpc) is 2.49. The molecule has 0 amide bonds. The van der Waals surface area contributed by atoms with Gasteiger partial charge in [-0.05, 0) is 48.1 Å². The molecule has 20 heavy (non-hydrogen) atoms. The summed E-state index contributed by atoms with van der Waals surface area (Å²) in [7, 11) is 0. The molecule has 0 unspecified atom stereocenters. The van der Waals surface area contributed by atoms with Crippen molar-refractivity contribution in [2.45, 2.75) is 32.7 Å². The van der Waals surface area contributed by atoms with Crippen molar-refractivity contribution in [2.75, 3.05) is 11.4 Å². The number of benzene rings is 2. The van der Waals surface area contributed by atoms with Crippen molar-refractivity contribution in [3.63, 3.8) is 0 Å². The van der Waals surface area contributed by atoms with E-state index in [4.69, 9.17) is 0 Å². The van der Waals surface area contributed by atoms with Crippen LogP contribution in [0.2, 0.25) is 0 Å². The Morgan fingerprint density at radius 2 is 1.80 bits per heavy atom. The quantitative estimate of drug-likeness (QED) is 0.768. The highest BCUT2D eigenvalue weighted by Crippen LogP contribution is 2.31. The molecule has 1 nitrogen and oxygen atoms in total. The minimum Gasteiger partial charge on any atom is -0.367 e. The first-order valence-electron chi connectivity index (χ1n) is 7.37. The van der Waals surface area contributed by atoms with E-state index in [0.29, 0.717) is 0 Å². The Kier molecular flexibility index (Phi) is 4.11. The zero-order valence-electron chi connectivity index (χ0n) is 11.9. The second-order valence-corrected chi connectivity index (χ2v) is 6.38. The minimum absolute atomic E-state index is 1.01. The van der Waals surface area contributed by atoms with Crippen LogP contribution in [0.1, 0.15) is 30.0 Å². The molecule has 0 aliphatic carbocycles. The van der Waals surface area contributed by atoms with Crippen LogP contribution in [0.3, 0.4) is 0 Å². The SMILES string of the molecule is CCc1ccc(CN2CCCc3ccc(Br)cc32)cc1. The lowest BCUT2D eigenvalue weighted by Crippen LogP contribution is -2.28. The largest absolute Gasteiger partial charge is 0.367 e. The van der Waals surface area contributed by atoms with Crippen LogP contribution in [0.4, 0.5) is 5.69 Å². The van der Waals surface area contributed by atoms with Gasteiger partial charge < -0.3 is 4.90 Å². The van der Waals surface area contributed by atoms with Gasteiger partial charge in [-0.1, -0.05) is 53.2 Å². The van der Waals surface area contributed by atoms with Gasteiger partial charge in [0, 0.05) is 23.2 Å². The molecule has 1 aliphatic rings. The average molecular weight is 330 g/mol. The molecule has 2 aromatic carbocycles. The summed E-state index contributed by atoms with van der Waals surface area (Å²) in [6, 6.07) is 15.7. The second-order valence-electron chi connectivity index (χ2n) is 5.47. The third-order valence-electron chi connectivity index (χ3n) is 4.07. The van der Waals surface area contributed by atoms with Gasteiger partial charge in [-0.25, -0.2) is 0 Å². The molecule has 104 valence electrons. The zero-order valence-corrected chi connectivity index (χ0v) is 13.5. The lowest BCUT2D eigenvalue weighted by molar-refractivity contribution is 0.691. The van der Waals surface area contributed by atoms with E-state index in [1.165, 1.54) is 39.7 Å². The highest BCUT2D eigenvalue weighted by molar-refractivity contribution is 9.10. The van der Waals surface area contributed by atoms with Gasteiger partial charge in [-0.15, -0.1) is 0 Å². The van der Waals surface area contributed by atoms with Crippen LogP contribution >= 0.6 is 15.9 Å². The van der Waals surface area contributed by atoms with Gasteiger partial charge in [0.1, 0.15) is 0 Å². The molecule has 0 fully saturated rings. The maximum absolute atomic E-state index is 3.60. The number of nitrogens with zero attached hydrogens (tertiary/aromatic N) is 1. The van der Waals surface area contributed by atoms with Gasteiger partial charge in [0.15, 0.2) is 0 Å². The Hall–Kier alpha value is -1.28. The summed E-state index contributed by atoms with van der Waals surface area (Å²) in [6.45, 7) is 4.36. The first kappa shape index (κ1) is 13.7. The molecule has 1 aliphatic heterocycles. The maximum Gasteiger partial charge on any atom is 0.0429 e. The number of halogens is 1. The number of anilines is 1. The van der Waals surface area contributed by atoms with E-state index < -0.39 is 0 Å². The van der Waals surface area contributed by atoms with E-state index in [2.05, 4.69) is 70.2 Å². The Balaban J connectivity index is 1.83. The smallest absolute Gasteiger partial charge is 0.0429 e. The molecular weight excluding hydrogens is 310 g/mol. The van der Waals surface area contributed by atoms with Crippen molar-refractivity contribution in [3.8, 4) is 0 Å². The molecule has 0 spiro atoms. The fraction of sp³-hybridized carbons (Fsp3) is 0.333. The molecule has 0 saturated heterocycles. The van der Waals surface area contributed by atoms with Crippen molar-refractivity contribution < 1.29 is 0 Å². The van der Waals surface area contributed by atoms with E-state index in [0.717, 1.165) is 19.5 Å². The van der Waals surface area contributed by atoms with Gasteiger partial charge in [-0.2, -0.15) is 0 Å². The molecule has 0 N–H and O–H groups in total. The van der Waals surface area contributed by atoms with Gasteiger partial charge in [0.2, 0.25) is 0 Å². The van der Waals surface area contributed by atoms with E-state index >= 15 is 0 Å². The Morgan fingerprint density at radius 1 is 1.05 bits per heavy atom. The second kappa shape index (κ2) is 6.01. The Bertz CT molecular complexity index is 589. The number of hydrogen-bond acceptors (Lipinski definition) is 1. The van der Waals surface area contributed by atoms with Crippen LogP contribution in [0.15, 0.2) is 46.9 Å². The van der Waals surface area contributed by atoms with Crippen LogP contribution in [0, 0.1) is 0 Å². The van der Waals surface area contributed by atoms with Crippen LogP contribution < -0.4 is 4.90 Å². The highest BCUT2D eigenvalue weighted by atomic mass is 79.9. The third-order valence-corrected chi connectivity index (χ3v) is 4.56. The number of hydrogen-bond donors (Lipinski definition) is 0. The predicted octanol–water partition coefficient (Wildman–Crippen LogP) is 4.96.